The van der Waals surface area contributed by atoms with Crippen LogP contribution in [0.3, 0.4) is 0 Å². The van der Waals surface area contributed by atoms with Crippen molar-refractivity contribution in [2.45, 2.75) is 20.0 Å². The number of hydrogen-bond donors (Lipinski definition) is 1. The first-order valence-corrected chi connectivity index (χ1v) is 11.0. The molecular formula is C24H21BrClFN2O3. The topological polar surface area (TPSA) is 59.9 Å². The van der Waals surface area contributed by atoms with E-state index in [4.69, 9.17) is 21.1 Å². The predicted molar refractivity (Wildman–Crippen MR) is 127 cm³/mol. The Bertz CT molecular complexity index is 1090. The van der Waals surface area contributed by atoms with Crippen molar-refractivity contribution < 1.29 is 18.7 Å². The predicted octanol–water partition coefficient (Wildman–Crippen LogP) is 5.91. The van der Waals surface area contributed by atoms with Gasteiger partial charge >= 0.3 is 0 Å². The zero-order valence-corrected chi connectivity index (χ0v) is 19.6. The minimum absolute atomic E-state index is 0.208. The second-order valence-electron chi connectivity index (χ2n) is 6.77. The van der Waals surface area contributed by atoms with Crippen LogP contribution in [0.15, 0.2) is 70.2 Å². The number of hydrogen-bond acceptors (Lipinski definition) is 4. The Labute approximate surface area is 199 Å². The van der Waals surface area contributed by atoms with Crippen molar-refractivity contribution in [3.8, 4) is 11.5 Å². The number of hydrazone groups is 1. The molecule has 8 heteroatoms. The lowest BCUT2D eigenvalue weighted by Crippen LogP contribution is -2.19. The van der Waals surface area contributed by atoms with Crippen LogP contribution in [-0.2, 0) is 17.8 Å². The van der Waals surface area contributed by atoms with Gasteiger partial charge in [-0.15, -0.1) is 0 Å². The average molecular weight is 520 g/mol. The first-order valence-electron chi connectivity index (χ1n) is 9.84. The summed E-state index contributed by atoms with van der Waals surface area (Å²) in [6.07, 6.45) is 1.70. The summed E-state index contributed by atoms with van der Waals surface area (Å²) in [6, 6.07) is 16.9. The van der Waals surface area contributed by atoms with Gasteiger partial charge in [-0.2, -0.15) is 5.10 Å². The summed E-state index contributed by atoms with van der Waals surface area (Å²) in [5.74, 6) is 0.285. The fourth-order valence-electron chi connectivity index (χ4n) is 2.81. The third-order valence-electron chi connectivity index (χ3n) is 4.31. The second kappa shape index (κ2) is 11.6. The van der Waals surface area contributed by atoms with E-state index in [0.29, 0.717) is 28.7 Å². The monoisotopic (exact) mass is 518 g/mol. The lowest BCUT2D eigenvalue weighted by molar-refractivity contribution is -0.120. The quantitative estimate of drug-likeness (QED) is 0.282. The number of nitrogens with one attached hydrogen (secondary N) is 1. The Morgan fingerprint density at radius 1 is 1.09 bits per heavy atom. The molecule has 0 radical (unpaired) electrons. The van der Waals surface area contributed by atoms with Gasteiger partial charge in [-0.3, -0.25) is 4.79 Å². The molecule has 3 rings (SSSR count). The normalized spacial score (nSPS) is 10.9. The van der Waals surface area contributed by atoms with Crippen LogP contribution in [0.1, 0.15) is 23.6 Å². The molecule has 3 aromatic carbocycles. The highest BCUT2D eigenvalue weighted by molar-refractivity contribution is 9.10. The Morgan fingerprint density at radius 2 is 1.78 bits per heavy atom. The molecule has 0 heterocycles. The van der Waals surface area contributed by atoms with Crippen molar-refractivity contribution in [2.75, 3.05) is 6.61 Å². The van der Waals surface area contributed by atoms with E-state index in [-0.39, 0.29) is 24.8 Å². The van der Waals surface area contributed by atoms with Gasteiger partial charge in [-0.05, 0) is 60.0 Å². The number of amides is 1. The molecule has 0 bridgehead atoms. The highest BCUT2D eigenvalue weighted by atomic mass is 79.9. The Kier molecular flexibility index (Phi) is 8.64. The van der Waals surface area contributed by atoms with Gasteiger partial charge in [0.15, 0.2) is 11.5 Å². The summed E-state index contributed by atoms with van der Waals surface area (Å²) < 4.78 is 25.5. The van der Waals surface area contributed by atoms with Gasteiger partial charge in [0.1, 0.15) is 12.4 Å². The molecule has 0 saturated heterocycles. The molecule has 5 nitrogen and oxygen atoms in total. The van der Waals surface area contributed by atoms with E-state index in [9.17, 15) is 9.18 Å². The summed E-state index contributed by atoms with van der Waals surface area (Å²) in [6.45, 7) is 2.47. The van der Waals surface area contributed by atoms with Crippen LogP contribution in [0, 0.1) is 5.82 Å². The second-order valence-corrected chi connectivity index (χ2v) is 8.10. The molecule has 0 atom stereocenters. The van der Waals surface area contributed by atoms with Gasteiger partial charge in [0.2, 0.25) is 5.91 Å². The SMILES string of the molecule is CCOc1cc(/C=N\NC(=O)Cc2ccc(Br)cc2)cc(Cl)c1OCc1ccc(F)cc1. The maximum absolute atomic E-state index is 13.1. The van der Waals surface area contributed by atoms with E-state index in [1.54, 1.807) is 24.3 Å². The van der Waals surface area contributed by atoms with Gasteiger partial charge in [0, 0.05) is 4.47 Å². The van der Waals surface area contributed by atoms with E-state index in [0.717, 1.165) is 15.6 Å². The molecule has 3 aromatic rings. The molecule has 0 aliphatic carbocycles. The summed E-state index contributed by atoms with van der Waals surface area (Å²) in [5.41, 5.74) is 4.81. The molecular weight excluding hydrogens is 499 g/mol. The van der Waals surface area contributed by atoms with Crippen LogP contribution < -0.4 is 14.9 Å². The molecule has 1 N–H and O–H groups in total. The molecule has 0 aliphatic heterocycles. The maximum atomic E-state index is 13.1. The number of rotatable bonds is 9. The van der Waals surface area contributed by atoms with Crippen molar-refractivity contribution >= 4 is 39.7 Å². The number of halogens is 3. The van der Waals surface area contributed by atoms with Crippen molar-refractivity contribution in [1.29, 1.82) is 0 Å². The van der Waals surface area contributed by atoms with Gasteiger partial charge < -0.3 is 9.47 Å². The summed E-state index contributed by atoms with van der Waals surface area (Å²) in [7, 11) is 0. The lowest BCUT2D eigenvalue weighted by Gasteiger charge is -2.14. The largest absolute Gasteiger partial charge is 0.490 e. The van der Waals surface area contributed by atoms with Crippen LogP contribution in [0.5, 0.6) is 11.5 Å². The zero-order chi connectivity index (χ0) is 22.9. The molecule has 0 aliphatic rings. The van der Waals surface area contributed by atoms with Crippen LogP contribution >= 0.6 is 27.5 Å². The van der Waals surface area contributed by atoms with Gasteiger partial charge in [-0.25, -0.2) is 9.82 Å². The fourth-order valence-corrected chi connectivity index (χ4v) is 3.35. The van der Waals surface area contributed by atoms with Crippen LogP contribution in [0.25, 0.3) is 0 Å². The summed E-state index contributed by atoms with van der Waals surface area (Å²) in [4.78, 5) is 12.1. The van der Waals surface area contributed by atoms with E-state index in [1.807, 2.05) is 31.2 Å². The van der Waals surface area contributed by atoms with E-state index in [1.165, 1.54) is 18.3 Å². The molecule has 1 amide bonds. The van der Waals surface area contributed by atoms with Gasteiger partial charge in [0.05, 0.1) is 24.3 Å². The Morgan fingerprint density at radius 3 is 2.47 bits per heavy atom. The number of carbonyl (C=O) groups excluding carboxylic acids is 1. The fraction of sp³-hybridized carbons (Fsp3) is 0.167. The van der Waals surface area contributed by atoms with E-state index in [2.05, 4.69) is 26.5 Å². The standard InChI is InChI=1S/C24H21BrClFN2O3/c1-2-31-22-12-18(14-28-29-23(30)13-16-3-7-19(25)8-4-16)11-21(26)24(22)32-15-17-5-9-20(27)10-6-17/h3-12,14H,2,13,15H2,1H3,(H,29,30)/b28-14-. The van der Waals surface area contributed by atoms with Crippen LogP contribution in [-0.4, -0.2) is 18.7 Å². The first-order chi connectivity index (χ1) is 15.4. The van der Waals surface area contributed by atoms with Crippen LogP contribution in [0.2, 0.25) is 5.02 Å². The van der Waals surface area contributed by atoms with Gasteiger partial charge in [-0.1, -0.05) is 51.8 Å². The Balaban J connectivity index is 1.65. The zero-order valence-electron chi connectivity index (χ0n) is 17.3. The molecule has 0 saturated carbocycles. The molecule has 0 aromatic heterocycles. The summed E-state index contributed by atoms with van der Waals surface area (Å²) in [5, 5.41) is 4.34. The Hall–Kier alpha value is -2.90. The van der Waals surface area contributed by atoms with Crippen molar-refractivity contribution in [3.63, 3.8) is 0 Å². The average Bonchev–Trinajstić information content (AvgIpc) is 2.76. The lowest BCUT2D eigenvalue weighted by atomic mass is 10.1. The number of carbonyl (C=O) groups is 1. The smallest absolute Gasteiger partial charge is 0.244 e. The molecule has 166 valence electrons. The molecule has 32 heavy (non-hydrogen) atoms. The highest BCUT2D eigenvalue weighted by Crippen LogP contribution is 2.37. The maximum Gasteiger partial charge on any atom is 0.244 e. The first kappa shape index (κ1) is 23.8. The number of benzene rings is 3. The third kappa shape index (κ3) is 7.07. The van der Waals surface area contributed by atoms with Crippen molar-refractivity contribution in [1.82, 2.24) is 5.43 Å². The molecule has 0 spiro atoms. The number of nitrogens with zero attached hydrogens (tertiary/aromatic N) is 1. The van der Waals surface area contributed by atoms with Crippen molar-refractivity contribution in [3.05, 3.63) is 92.7 Å². The van der Waals surface area contributed by atoms with E-state index < -0.39 is 0 Å². The molecule has 0 unspecified atom stereocenters. The summed E-state index contributed by atoms with van der Waals surface area (Å²) >= 11 is 9.77. The minimum Gasteiger partial charge on any atom is -0.490 e. The molecule has 0 fully saturated rings. The minimum atomic E-state index is -0.311. The van der Waals surface area contributed by atoms with Gasteiger partial charge in [0.25, 0.3) is 0 Å². The van der Waals surface area contributed by atoms with Crippen molar-refractivity contribution in [2.24, 2.45) is 5.10 Å². The van der Waals surface area contributed by atoms with E-state index >= 15 is 0 Å². The number of ether oxygens (including phenoxy) is 2. The van der Waals surface area contributed by atoms with Crippen LogP contribution in [0.4, 0.5) is 4.39 Å². The highest BCUT2D eigenvalue weighted by Gasteiger charge is 2.13. The third-order valence-corrected chi connectivity index (χ3v) is 5.12.